The van der Waals surface area contributed by atoms with Gasteiger partial charge < -0.3 is 14.5 Å². The topological polar surface area (TPSA) is 92.5 Å². The van der Waals surface area contributed by atoms with Crippen LogP contribution < -0.4 is 9.92 Å². The second-order valence-corrected chi connectivity index (χ2v) is 4.21. The van der Waals surface area contributed by atoms with E-state index in [1.807, 2.05) is 0 Å². The molecule has 0 saturated heterocycles. The van der Waals surface area contributed by atoms with Gasteiger partial charge in [0.2, 0.25) is 0 Å². The van der Waals surface area contributed by atoms with Gasteiger partial charge >= 0.3 is 0 Å². The van der Waals surface area contributed by atoms with Crippen molar-refractivity contribution in [2.45, 2.75) is 0 Å². The monoisotopic (exact) mass is 238 g/mol. The molecule has 0 bridgehead atoms. The summed E-state index contributed by atoms with van der Waals surface area (Å²) >= 11 is 0. The van der Waals surface area contributed by atoms with Crippen molar-refractivity contribution in [1.29, 1.82) is 0 Å². The minimum atomic E-state index is -4.76. The molecule has 2 aromatic rings. The highest BCUT2D eigenvalue weighted by Gasteiger charge is 2.05. The predicted octanol–water partition coefficient (Wildman–Crippen LogP) is 1.26. The fourth-order valence-corrected chi connectivity index (χ4v) is 1.82. The molecule has 84 valence electrons. The van der Waals surface area contributed by atoms with Crippen molar-refractivity contribution in [3.63, 3.8) is 0 Å². The van der Waals surface area contributed by atoms with Crippen molar-refractivity contribution in [1.82, 2.24) is 0 Å². The van der Waals surface area contributed by atoms with Crippen molar-refractivity contribution in [3.8, 4) is 5.75 Å². The van der Waals surface area contributed by atoms with Crippen molar-refractivity contribution in [3.05, 3.63) is 36.4 Å². The summed E-state index contributed by atoms with van der Waals surface area (Å²) in [6.07, 6.45) is 0. The van der Waals surface area contributed by atoms with Crippen LogP contribution in [0.15, 0.2) is 36.4 Å². The summed E-state index contributed by atoms with van der Waals surface area (Å²) in [6.45, 7) is 0. The summed E-state index contributed by atoms with van der Waals surface area (Å²) < 4.78 is 35.9. The van der Waals surface area contributed by atoms with E-state index in [4.69, 9.17) is 5.73 Å². The molecule has 0 amide bonds. The quantitative estimate of drug-likeness (QED) is 0.483. The lowest BCUT2D eigenvalue weighted by atomic mass is 10.1. The summed E-state index contributed by atoms with van der Waals surface area (Å²) in [4.78, 5) is 0. The van der Waals surface area contributed by atoms with Crippen molar-refractivity contribution in [2.75, 3.05) is 5.73 Å². The second kappa shape index (κ2) is 3.66. The van der Waals surface area contributed by atoms with Gasteiger partial charge in [-0.3, -0.25) is 0 Å². The van der Waals surface area contributed by atoms with E-state index < -0.39 is 10.4 Å². The molecular weight excluding hydrogens is 230 g/mol. The van der Waals surface area contributed by atoms with Crippen molar-refractivity contribution >= 4 is 26.9 Å². The smallest absolute Gasteiger partial charge is 0.262 e. The molecule has 2 N–H and O–H groups in total. The molecule has 0 aromatic heterocycles. The van der Waals surface area contributed by atoms with Gasteiger partial charge in [-0.05, 0) is 29.7 Å². The Bertz CT molecular complexity index is 636. The van der Waals surface area contributed by atoms with Gasteiger partial charge in [0.15, 0.2) is 0 Å². The van der Waals surface area contributed by atoms with Gasteiger partial charge in [0.05, 0.1) is 0 Å². The fourth-order valence-electron chi connectivity index (χ4n) is 1.46. The molecule has 0 atom stereocenters. The second-order valence-electron chi connectivity index (χ2n) is 3.23. The van der Waals surface area contributed by atoms with Crippen molar-refractivity contribution < 1.29 is 17.2 Å². The van der Waals surface area contributed by atoms with Crippen LogP contribution in [0.5, 0.6) is 5.75 Å². The molecule has 5 nitrogen and oxygen atoms in total. The Morgan fingerprint density at radius 3 is 2.62 bits per heavy atom. The van der Waals surface area contributed by atoms with E-state index in [0.29, 0.717) is 16.5 Å². The largest absolute Gasteiger partial charge is 0.716 e. The van der Waals surface area contributed by atoms with Crippen LogP contribution in [0.4, 0.5) is 5.69 Å². The lowest BCUT2D eigenvalue weighted by Gasteiger charge is -2.11. The maximum absolute atomic E-state index is 10.5. The van der Waals surface area contributed by atoms with Gasteiger partial charge in [-0.1, -0.05) is 12.1 Å². The Balaban J connectivity index is 2.63. The maximum Gasteiger partial charge on any atom is 0.262 e. The first-order chi connectivity index (χ1) is 7.46. The summed E-state index contributed by atoms with van der Waals surface area (Å²) in [5, 5.41) is 1.23. The van der Waals surface area contributed by atoms with Gasteiger partial charge in [0, 0.05) is 11.1 Å². The minimum Gasteiger partial charge on any atom is -0.716 e. The zero-order valence-electron chi connectivity index (χ0n) is 8.08. The Labute approximate surface area is 92.4 Å². The number of anilines is 1. The standard InChI is InChI=1S/C10H9NO4S/c11-8-4-5-9-7(6-8)2-1-3-10(9)15-16(12,13)14/h1-6H,11H2,(H,12,13,14)/p-1. The zero-order valence-corrected chi connectivity index (χ0v) is 8.90. The first-order valence-corrected chi connectivity index (χ1v) is 5.72. The van der Waals surface area contributed by atoms with E-state index in [9.17, 15) is 13.0 Å². The summed E-state index contributed by atoms with van der Waals surface area (Å²) in [5.41, 5.74) is 6.13. The van der Waals surface area contributed by atoms with Gasteiger partial charge in [-0.2, -0.15) is 0 Å². The lowest BCUT2D eigenvalue weighted by molar-refractivity contribution is 0.374. The third-order valence-electron chi connectivity index (χ3n) is 2.06. The molecule has 0 heterocycles. The highest BCUT2D eigenvalue weighted by Crippen LogP contribution is 2.27. The minimum absolute atomic E-state index is 0.00694. The van der Waals surface area contributed by atoms with Gasteiger partial charge in [0.1, 0.15) is 5.75 Å². The lowest BCUT2D eigenvalue weighted by Crippen LogP contribution is -2.07. The van der Waals surface area contributed by atoms with E-state index in [1.165, 1.54) is 6.07 Å². The first kappa shape index (κ1) is 10.7. The molecule has 0 fully saturated rings. The molecular formula is C10H8NO4S-. The van der Waals surface area contributed by atoms with Crippen LogP contribution in [0.25, 0.3) is 10.8 Å². The van der Waals surface area contributed by atoms with E-state index in [1.54, 1.807) is 30.3 Å². The Morgan fingerprint density at radius 2 is 1.94 bits per heavy atom. The Kier molecular flexibility index (Phi) is 2.45. The van der Waals surface area contributed by atoms with E-state index in [-0.39, 0.29) is 5.75 Å². The highest BCUT2D eigenvalue weighted by molar-refractivity contribution is 7.81. The third kappa shape index (κ3) is 2.23. The predicted molar refractivity (Wildman–Crippen MR) is 58.7 cm³/mol. The third-order valence-corrected chi connectivity index (χ3v) is 2.44. The number of benzene rings is 2. The molecule has 0 saturated carbocycles. The molecule has 2 aromatic carbocycles. The van der Waals surface area contributed by atoms with E-state index in [2.05, 4.69) is 4.18 Å². The summed E-state index contributed by atoms with van der Waals surface area (Å²) in [7, 11) is -4.76. The van der Waals surface area contributed by atoms with Gasteiger partial charge in [-0.15, -0.1) is 0 Å². The van der Waals surface area contributed by atoms with Crippen LogP contribution in [0.3, 0.4) is 0 Å². The summed E-state index contributed by atoms with van der Waals surface area (Å²) in [6, 6.07) is 9.61. The SMILES string of the molecule is Nc1ccc2c(OS(=O)(=O)[O-])cccc2c1. The zero-order chi connectivity index (χ0) is 11.8. The van der Waals surface area contributed by atoms with Crippen LogP contribution in [0.2, 0.25) is 0 Å². The maximum atomic E-state index is 10.5. The van der Waals surface area contributed by atoms with Crippen LogP contribution in [-0.2, 0) is 10.4 Å². The number of nitrogen functional groups attached to an aromatic ring is 1. The Morgan fingerprint density at radius 1 is 1.19 bits per heavy atom. The number of nitrogens with two attached hydrogens (primary N) is 1. The molecule has 0 unspecified atom stereocenters. The van der Waals surface area contributed by atoms with Crippen LogP contribution in [-0.4, -0.2) is 13.0 Å². The number of fused-ring (bicyclic) bond motifs is 1. The highest BCUT2D eigenvalue weighted by atomic mass is 32.3. The molecule has 0 aliphatic carbocycles. The summed E-state index contributed by atoms with van der Waals surface area (Å²) in [5.74, 6) is 0.00694. The van der Waals surface area contributed by atoms with E-state index in [0.717, 1.165) is 0 Å². The first-order valence-electron chi connectivity index (χ1n) is 4.39. The van der Waals surface area contributed by atoms with Gasteiger partial charge in [-0.25, -0.2) is 8.42 Å². The fraction of sp³-hybridized carbons (Fsp3) is 0. The Hall–Kier alpha value is -1.79. The molecule has 0 aliphatic rings. The molecule has 2 rings (SSSR count). The van der Waals surface area contributed by atoms with Gasteiger partial charge in [0.25, 0.3) is 10.4 Å². The van der Waals surface area contributed by atoms with E-state index >= 15 is 0 Å². The number of rotatable bonds is 2. The average molecular weight is 238 g/mol. The molecule has 0 aliphatic heterocycles. The number of hydrogen-bond donors (Lipinski definition) is 1. The van der Waals surface area contributed by atoms with Crippen molar-refractivity contribution in [2.24, 2.45) is 0 Å². The van der Waals surface area contributed by atoms with Crippen LogP contribution in [0, 0.1) is 0 Å². The number of hydrogen-bond acceptors (Lipinski definition) is 5. The molecule has 6 heteroatoms. The normalized spacial score (nSPS) is 11.6. The molecule has 0 spiro atoms. The van der Waals surface area contributed by atoms with Crippen LogP contribution in [0.1, 0.15) is 0 Å². The average Bonchev–Trinajstić information content (AvgIpc) is 2.15. The van der Waals surface area contributed by atoms with Crippen LogP contribution >= 0.6 is 0 Å². The molecule has 16 heavy (non-hydrogen) atoms. The molecule has 0 radical (unpaired) electrons.